The van der Waals surface area contributed by atoms with Crippen LogP contribution in [0.5, 0.6) is 0 Å². The number of ether oxygens (including phenoxy) is 1. The third-order valence-corrected chi connectivity index (χ3v) is 4.49. The molecule has 3 nitrogen and oxygen atoms in total. The minimum absolute atomic E-state index is 0.346. The highest BCUT2D eigenvalue weighted by atomic mass is 19.1. The van der Waals surface area contributed by atoms with Crippen LogP contribution in [0, 0.1) is 0 Å². The summed E-state index contributed by atoms with van der Waals surface area (Å²) in [4.78, 5) is 12.2. The zero-order valence-corrected chi connectivity index (χ0v) is 17.2. The summed E-state index contributed by atoms with van der Waals surface area (Å²) >= 11 is 0. The summed E-state index contributed by atoms with van der Waals surface area (Å²) in [5.74, 6) is -0.346. The fourth-order valence-electron chi connectivity index (χ4n) is 3.05. The van der Waals surface area contributed by atoms with Crippen molar-refractivity contribution < 1.29 is 13.9 Å². The van der Waals surface area contributed by atoms with E-state index >= 15 is 0 Å². The molecule has 1 aromatic rings. The lowest BCUT2D eigenvalue weighted by Crippen LogP contribution is -2.25. The molecule has 0 radical (unpaired) electrons. The van der Waals surface area contributed by atoms with Gasteiger partial charge < -0.3 is 9.30 Å². The third kappa shape index (κ3) is 9.98. The molecular formula is C22H38FNO2. The lowest BCUT2D eigenvalue weighted by Gasteiger charge is -2.20. The first-order chi connectivity index (χ1) is 12.3. The van der Waals surface area contributed by atoms with Gasteiger partial charge in [-0.15, -0.1) is 0 Å². The number of hydrogen-bond acceptors (Lipinski definition) is 2. The van der Waals surface area contributed by atoms with Crippen molar-refractivity contribution in [3.05, 3.63) is 24.0 Å². The number of carbonyl (C=O) groups is 1. The van der Waals surface area contributed by atoms with Gasteiger partial charge >= 0.3 is 5.97 Å². The molecule has 0 saturated heterocycles. The van der Waals surface area contributed by atoms with Gasteiger partial charge in [0.25, 0.3) is 0 Å². The summed E-state index contributed by atoms with van der Waals surface area (Å²) in [6, 6.07) is 3.55. The maximum Gasteiger partial charge on any atom is 0.355 e. The van der Waals surface area contributed by atoms with Crippen LogP contribution >= 0.6 is 0 Å². The van der Waals surface area contributed by atoms with E-state index in [1.807, 2.05) is 33.0 Å². The number of aromatic nitrogens is 1. The molecule has 1 rings (SSSR count). The first kappa shape index (κ1) is 22.7. The van der Waals surface area contributed by atoms with E-state index in [4.69, 9.17) is 4.74 Å². The molecule has 0 N–H and O–H groups in total. The predicted molar refractivity (Wildman–Crippen MR) is 106 cm³/mol. The van der Waals surface area contributed by atoms with E-state index < -0.39 is 11.8 Å². The number of unbranched alkanes of at least 4 members (excludes halogenated alkanes) is 7. The average Bonchev–Trinajstić information content (AvgIpc) is 3.02. The second-order valence-electron chi connectivity index (χ2n) is 8.24. The first-order valence-corrected chi connectivity index (χ1v) is 10.4. The number of halogens is 1. The molecule has 1 aromatic heterocycles. The summed E-state index contributed by atoms with van der Waals surface area (Å²) in [5, 5.41) is 0. The van der Waals surface area contributed by atoms with E-state index in [-0.39, 0.29) is 5.97 Å². The van der Waals surface area contributed by atoms with Crippen molar-refractivity contribution in [3.63, 3.8) is 0 Å². The first-order valence-electron chi connectivity index (χ1n) is 10.4. The summed E-state index contributed by atoms with van der Waals surface area (Å²) in [6.45, 7) is 8.28. The maximum absolute atomic E-state index is 14.1. The highest BCUT2D eigenvalue weighted by molar-refractivity contribution is 5.88. The molecule has 0 aliphatic rings. The predicted octanol–water partition coefficient (Wildman–Crippen LogP) is 6.70. The lowest BCUT2D eigenvalue weighted by atomic mass is 10.0. The molecule has 0 aliphatic heterocycles. The van der Waals surface area contributed by atoms with Crippen molar-refractivity contribution in [2.24, 2.45) is 0 Å². The maximum atomic E-state index is 14.1. The number of hydrogen-bond donors (Lipinski definition) is 0. The van der Waals surface area contributed by atoms with Gasteiger partial charge in [0.05, 0.1) is 0 Å². The van der Waals surface area contributed by atoms with Gasteiger partial charge in [-0.3, -0.25) is 0 Å². The fourth-order valence-corrected chi connectivity index (χ4v) is 3.05. The van der Waals surface area contributed by atoms with Gasteiger partial charge in [-0.2, -0.15) is 0 Å². The van der Waals surface area contributed by atoms with Crippen LogP contribution in [-0.4, -0.2) is 22.3 Å². The quantitative estimate of drug-likeness (QED) is 0.287. The van der Waals surface area contributed by atoms with Crippen LogP contribution in [0.2, 0.25) is 0 Å². The van der Waals surface area contributed by atoms with Crippen molar-refractivity contribution in [1.29, 1.82) is 0 Å². The Bertz CT molecular complexity index is 504. The Morgan fingerprint density at radius 2 is 1.69 bits per heavy atom. The molecule has 0 bridgehead atoms. The van der Waals surface area contributed by atoms with Crippen molar-refractivity contribution in [3.8, 4) is 0 Å². The second-order valence-corrected chi connectivity index (χ2v) is 8.24. The summed E-state index contributed by atoms with van der Waals surface area (Å²) in [5.41, 5.74) is -0.0232. The molecule has 4 heteroatoms. The van der Waals surface area contributed by atoms with Crippen molar-refractivity contribution in [1.82, 2.24) is 4.57 Å². The third-order valence-electron chi connectivity index (χ3n) is 4.49. The topological polar surface area (TPSA) is 31.2 Å². The summed E-state index contributed by atoms with van der Waals surface area (Å²) in [7, 11) is 0. The Hall–Kier alpha value is -1.32. The van der Waals surface area contributed by atoms with E-state index in [1.54, 1.807) is 10.6 Å². The molecular weight excluding hydrogens is 329 g/mol. The SMILES string of the molecule is CCCCCCCCCCC(F)CCn1cccc1C(=O)OC(C)(C)C. The van der Waals surface area contributed by atoms with Crippen molar-refractivity contribution in [2.45, 2.75) is 110 Å². The Kier molecular flexibility index (Phi) is 10.6. The van der Waals surface area contributed by atoms with Gasteiger partial charge in [0, 0.05) is 12.7 Å². The van der Waals surface area contributed by atoms with E-state index in [0.717, 1.165) is 12.8 Å². The number of alkyl halides is 1. The minimum Gasteiger partial charge on any atom is -0.455 e. The Morgan fingerprint density at radius 3 is 2.31 bits per heavy atom. The zero-order chi connectivity index (χ0) is 19.4. The molecule has 0 spiro atoms. The average molecular weight is 368 g/mol. The van der Waals surface area contributed by atoms with E-state index in [1.165, 1.54) is 38.5 Å². The van der Waals surface area contributed by atoms with Gasteiger partial charge in [-0.25, -0.2) is 9.18 Å². The van der Waals surface area contributed by atoms with Gasteiger partial charge in [0.15, 0.2) is 0 Å². The van der Waals surface area contributed by atoms with E-state index in [0.29, 0.717) is 25.1 Å². The largest absolute Gasteiger partial charge is 0.455 e. The standard InChI is InChI=1S/C22H38FNO2/c1-5-6-7-8-9-10-11-12-14-19(23)16-18-24-17-13-15-20(24)21(25)26-22(2,3)4/h13,15,17,19H,5-12,14,16,18H2,1-4H3. The molecule has 0 saturated carbocycles. The van der Waals surface area contributed by atoms with Gasteiger partial charge in [0.2, 0.25) is 0 Å². The van der Waals surface area contributed by atoms with Crippen LogP contribution in [0.3, 0.4) is 0 Å². The normalized spacial score (nSPS) is 13.0. The highest BCUT2D eigenvalue weighted by Gasteiger charge is 2.20. The summed E-state index contributed by atoms with van der Waals surface area (Å²) < 4.78 is 21.3. The monoisotopic (exact) mass is 367 g/mol. The van der Waals surface area contributed by atoms with E-state index in [9.17, 15) is 9.18 Å². The summed E-state index contributed by atoms with van der Waals surface area (Å²) in [6.07, 6.45) is 11.9. The number of aryl methyl sites for hydroxylation is 1. The molecule has 0 fully saturated rings. The molecule has 0 amide bonds. The lowest BCUT2D eigenvalue weighted by molar-refractivity contribution is 0.00570. The molecule has 1 unspecified atom stereocenters. The number of esters is 1. The Morgan fingerprint density at radius 1 is 1.08 bits per heavy atom. The zero-order valence-electron chi connectivity index (χ0n) is 17.2. The number of carbonyl (C=O) groups excluding carboxylic acids is 1. The smallest absolute Gasteiger partial charge is 0.355 e. The van der Waals surface area contributed by atoms with E-state index in [2.05, 4.69) is 6.92 Å². The Balaban J connectivity index is 2.22. The highest BCUT2D eigenvalue weighted by Crippen LogP contribution is 2.16. The molecule has 0 aromatic carbocycles. The molecule has 1 heterocycles. The van der Waals surface area contributed by atoms with Gasteiger partial charge in [-0.05, 0) is 45.7 Å². The van der Waals surface area contributed by atoms with Gasteiger partial charge in [-0.1, -0.05) is 58.3 Å². The number of rotatable bonds is 13. The molecule has 0 aliphatic carbocycles. The van der Waals surface area contributed by atoms with Crippen LogP contribution in [-0.2, 0) is 11.3 Å². The van der Waals surface area contributed by atoms with Crippen LogP contribution in [0.25, 0.3) is 0 Å². The number of nitrogens with zero attached hydrogens (tertiary/aromatic N) is 1. The second kappa shape index (κ2) is 12.1. The van der Waals surface area contributed by atoms with Crippen LogP contribution in [0.4, 0.5) is 4.39 Å². The Labute approximate surface area is 159 Å². The fraction of sp³-hybridized carbons (Fsp3) is 0.773. The van der Waals surface area contributed by atoms with Gasteiger partial charge in [0.1, 0.15) is 17.5 Å². The van der Waals surface area contributed by atoms with Crippen molar-refractivity contribution in [2.75, 3.05) is 0 Å². The molecule has 1 atom stereocenters. The molecule has 26 heavy (non-hydrogen) atoms. The van der Waals surface area contributed by atoms with Crippen LogP contribution in [0.1, 0.15) is 102 Å². The van der Waals surface area contributed by atoms with Crippen LogP contribution in [0.15, 0.2) is 18.3 Å². The minimum atomic E-state index is -0.802. The molecule has 150 valence electrons. The van der Waals surface area contributed by atoms with Crippen molar-refractivity contribution >= 4 is 5.97 Å². The van der Waals surface area contributed by atoms with Crippen LogP contribution < -0.4 is 0 Å².